The molecule has 0 radical (unpaired) electrons. The molecule has 1 aliphatic rings. The number of aromatic hydroxyl groups is 2. The van der Waals surface area contributed by atoms with E-state index in [9.17, 15) is 19.8 Å². The van der Waals surface area contributed by atoms with Gasteiger partial charge in [-0.2, -0.15) is 5.10 Å². The Bertz CT molecular complexity index is 1040. The molecule has 0 amide bonds. The van der Waals surface area contributed by atoms with Gasteiger partial charge < -0.3 is 20.4 Å². The van der Waals surface area contributed by atoms with Crippen LogP contribution in [0.3, 0.4) is 0 Å². The molecule has 0 fully saturated rings. The molecule has 10 heteroatoms. The average Bonchev–Trinajstić information content (AvgIpc) is 2.99. The van der Waals surface area contributed by atoms with Crippen LogP contribution in [0.1, 0.15) is 5.56 Å². The van der Waals surface area contributed by atoms with E-state index in [2.05, 4.69) is 22.4 Å². The Hall–Kier alpha value is -3.69. The van der Waals surface area contributed by atoms with Gasteiger partial charge in [0.2, 0.25) is 0 Å². The van der Waals surface area contributed by atoms with Crippen LogP contribution in [0, 0.1) is 0 Å². The number of rotatable bonds is 5. The average molecular weight is 372 g/mol. The molecule has 1 aliphatic heterocycles. The fraction of sp³-hybridized carbons (Fsp3) is 0.235. The summed E-state index contributed by atoms with van der Waals surface area (Å²) in [7, 11) is 2.99. The largest absolute Gasteiger partial charge is 0.508 e. The number of hydrogen-bond acceptors (Lipinski definition) is 8. The number of benzene rings is 1. The van der Waals surface area contributed by atoms with E-state index < -0.39 is 17.5 Å². The Balaban J connectivity index is 1.90. The lowest BCUT2D eigenvalue weighted by Gasteiger charge is -2.24. The van der Waals surface area contributed by atoms with Gasteiger partial charge in [-0.15, -0.1) is 6.58 Å². The molecule has 1 unspecified atom stereocenters. The Morgan fingerprint density at radius 1 is 1.30 bits per heavy atom. The molecule has 1 aromatic heterocycles. The van der Waals surface area contributed by atoms with E-state index in [-0.39, 0.29) is 11.5 Å². The van der Waals surface area contributed by atoms with Gasteiger partial charge in [-0.3, -0.25) is 19.4 Å². The van der Waals surface area contributed by atoms with Crippen molar-refractivity contribution >= 4 is 17.7 Å². The van der Waals surface area contributed by atoms with E-state index in [1.807, 2.05) is 0 Å². The van der Waals surface area contributed by atoms with E-state index >= 15 is 0 Å². The van der Waals surface area contributed by atoms with Crippen LogP contribution in [0.4, 0.5) is 11.5 Å². The second-order valence-electron chi connectivity index (χ2n) is 6.02. The second-order valence-corrected chi connectivity index (χ2v) is 6.02. The molecule has 2 heterocycles. The fourth-order valence-electron chi connectivity index (χ4n) is 2.84. The number of phenolic OH excluding ortho intramolecular Hbond substituents is 2. The van der Waals surface area contributed by atoms with Crippen molar-refractivity contribution in [2.75, 3.05) is 16.8 Å². The fourth-order valence-corrected chi connectivity index (χ4v) is 2.84. The number of hydrazone groups is 1. The summed E-state index contributed by atoms with van der Waals surface area (Å²) in [6, 6.07) is 4.14. The van der Waals surface area contributed by atoms with Crippen LogP contribution < -0.4 is 26.9 Å². The van der Waals surface area contributed by atoms with Gasteiger partial charge in [0.15, 0.2) is 6.29 Å². The molecule has 10 nitrogen and oxygen atoms in total. The predicted octanol–water partition coefficient (Wildman–Crippen LogP) is -0.180. The predicted molar refractivity (Wildman–Crippen MR) is 102 cm³/mol. The maximum Gasteiger partial charge on any atom is 0.332 e. The number of fused-ring (bicyclic) bond motifs is 1. The molecule has 3 rings (SSSR count). The van der Waals surface area contributed by atoms with Gasteiger partial charge in [0, 0.05) is 32.3 Å². The SMILES string of the molecule is C=CCN1c2c(n(C)c(=O)n(C)c2=O)NC1N/N=C/c1ccc(O)cc1O. The summed E-state index contributed by atoms with van der Waals surface area (Å²) in [4.78, 5) is 26.4. The van der Waals surface area contributed by atoms with Crippen LogP contribution in [0.2, 0.25) is 0 Å². The first-order chi connectivity index (χ1) is 12.8. The minimum Gasteiger partial charge on any atom is -0.508 e. The highest BCUT2D eigenvalue weighted by atomic mass is 16.3. The smallest absolute Gasteiger partial charge is 0.332 e. The minimum atomic E-state index is -0.603. The topological polar surface area (TPSA) is 124 Å². The molecule has 0 bridgehead atoms. The van der Waals surface area contributed by atoms with Crippen molar-refractivity contribution < 1.29 is 10.2 Å². The van der Waals surface area contributed by atoms with Crippen molar-refractivity contribution in [3.63, 3.8) is 0 Å². The lowest BCUT2D eigenvalue weighted by Crippen LogP contribution is -2.46. The van der Waals surface area contributed by atoms with Crippen LogP contribution in [-0.2, 0) is 14.1 Å². The zero-order valence-corrected chi connectivity index (χ0v) is 14.9. The molecule has 0 spiro atoms. The Kier molecular flexibility index (Phi) is 4.63. The van der Waals surface area contributed by atoms with Crippen molar-refractivity contribution in [2.24, 2.45) is 19.2 Å². The summed E-state index contributed by atoms with van der Waals surface area (Å²) in [5, 5.41) is 26.3. The summed E-state index contributed by atoms with van der Waals surface area (Å²) in [6.45, 7) is 4.04. The monoisotopic (exact) mass is 372 g/mol. The highest BCUT2D eigenvalue weighted by Gasteiger charge is 2.33. The molecule has 1 atom stereocenters. The molecule has 27 heavy (non-hydrogen) atoms. The summed E-state index contributed by atoms with van der Waals surface area (Å²) in [5.41, 5.74) is 2.71. The Morgan fingerprint density at radius 3 is 2.70 bits per heavy atom. The Morgan fingerprint density at radius 2 is 2.04 bits per heavy atom. The Labute approximate surface area is 154 Å². The van der Waals surface area contributed by atoms with E-state index in [1.54, 1.807) is 18.0 Å². The number of anilines is 2. The molecule has 2 aromatic rings. The third-order valence-corrected chi connectivity index (χ3v) is 4.25. The van der Waals surface area contributed by atoms with E-state index in [1.165, 1.54) is 36.0 Å². The lowest BCUT2D eigenvalue weighted by atomic mass is 10.2. The highest BCUT2D eigenvalue weighted by Crippen LogP contribution is 2.28. The summed E-state index contributed by atoms with van der Waals surface area (Å²) >= 11 is 0. The number of aromatic nitrogens is 2. The summed E-state index contributed by atoms with van der Waals surface area (Å²) < 4.78 is 2.39. The quantitative estimate of drug-likeness (QED) is 0.326. The number of hydrogen-bond donors (Lipinski definition) is 4. The molecule has 0 aliphatic carbocycles. The van der Waals surface area contributed by atoms with Crippen LogP contribution in [0.5, 0.6) is 11.5 Å². The van der Waals surface area contributed by atoms with E-state index in [0.717, 1.165) is 4.57 Å². The molecule has 142 valence electrons. The number of nitrogens with zero attached hydrogens (tertiary/aromatic N) is 4. The maximum atomic E-state index is 12.5. The first-order valence-corrected chi connectivity index (χ1v) is 8.09. The summed E-state index contributed by atoms with van der Waals surface area (Å²) in [5.74, 6) is 0.201. The van der Waals surface area contributed by atoms with Gasteiger partial charge in [-0.05, 0) is 12.1 Å². The number of nitrogens with one attached hydrogen (secondary N) is 2. The van der Waals surface area contributed by atoms with E-state index in [0.29, 0.717) is 23.6 Å². The first-order valence-electron chi connectivity index (χ1n) is 8.09. The van der Waals surface area contributed by atoms with Gasteiger partial charge in [0.1, 0.15) is 23.0 Å². The third-order valence-electron chi connectivity index (χ3n) is 4.25. The van der Waals surface area contributed by atoms with Crippen molar-refractivity contribution in [2.45, 2.75) is 6.29 Å². The summed E-state index contributed by atoms with van der Waals surface area (Å²) in [6.07, 6.45) is 2.41. The van der Waals surface area contributed by atoms with Crippen molar-refractivity contribution in [3.8, 4) is 11.5 Å². The molecular weight excluding hydrogens is 352 g/mol. The zero-order chi connectivity index (χ0) is 19.7. The van der Waals surface area contributed by atoms with Crippen LogP contribution in [0.25, 0.3) is 0 Å². The lowest BCUT2D eigenvalue weighted by molar-refractivity contribution is 0.450. The highest BCUT2D eigenvalue weighted by molar-refractivity contribution is 5.83. The standard InChI is InChI=1S/C17H20N6O4/c1-4-7-23-13-14(21(2)17(27)22(3)15(13)26)19-16(23)20-18-9-10-5-6-11(24)8-12(10)25/h4-6,8-9,16,19-20,24-25H,1,7H2,2-3H3/b18-9+. The molecule has 0 saturated heterocycles. The molecular formula is C17H20N6O4. The van der Waals surface area contributed by atoms with Crippen LogP contribution in [-0.4, -0.2) is 38.4 Å². The van der Waals surface area contributed by atoms with Crippen LogP contribution in [0.15, 0.2) is 45.5 Å². The van der Waals surface area contributed by atoms with Gasteiger partial charge in [0.25, 0.3) is 5.56 Å². The van der Waals surface area contributed by atoms with Gasteiger partial charge >= 0.3 is 5.69 Å². The number of phenols is 2. The minimum absolute atomic E-state index is 0.0561. The van der Waals surface area contributed by atoms with Gasteiger partial charge in [-0.1, -0.05) is 6.08 Å². The molecule has 1 aromatic carbocycles. The van der Waals surface area contributed by atoms with Crippen LogP contribution >= 0.6 is 0 Å². The van der Waals surface area contributed by atoms with Crippen molar-refractivity contribution in [1.29, 1.82) is 0 Å². The van der Waals surface area contributed by atoms with Crippen molar-refractivity contribution in [3.05, 3.63) is 57.3 Å². The molecule has 4 N–H and O–H groups in total. The first kappa shape index (κ1) is 18.1. The normalized spacial score (nSPS) is 15.6. The van der Waals surface area contributed by atoms with E-state index in [4.69, 9.17) is 0 Å². The zero-order valence-electron chi connectivity index (χ0n) is 14.9. The maximum absolute atomic E-state index is 12.5. The van der Waals surface area contributed by atoms with Gasteiger partial charge in [0.05, 0.1) is 6.21 Å². The third kappa shape index (κ3) is 3.12. The van der Waals surface area contributed by atoms with Crippen molar-refractivity contribution in [1.82, 2.24) is 14.6 Å². The van der Waals surface area contributed by atoms with Gasteiger partial charge in [-0.25, -0.2) is 4.79 Å². The molecule has 0 saturated carbocycles. The second kappa shape index (κ2) is 6.90.